The van der Waals surface area contributed by atoms with Crippen molar-refractivity contribution in [2.45, 2.75) is 6.92 Å². The molecule has 9 aromatic rings. The molecule has 0 aliphatic heterocycles. The van der Waals surface area contributed by atoms with Gasteiger partial charge in [0.25, 0.3) is 0 Å². The van der Waals surface area contributed by atoms with Crippen LogP contribution in [-0.4, -0.2) is 19.5 Å². The Morgan fingerprint density at radius 2 is 1.09 bits per heavy atom. The van der Waals surface area contributed by atoms with Crippen LogP contribution in [-0.2, 0) is 0 Å². The lowest BCUT2D eigenvalue weighted by Gasteiger charge is -2.10. The minimum Gasteiger partial charge on any atom is -0.454 e. The molecular weight excluding hydrogens is 552 g/mol. The first-order valence-corrected chi connectivity index (χ1v) is 15.0. The van der Waals surface area contributed by atoms with Crippen LogP contribution in [0.2, 0.25) is 0 Å². The minimum absolute atomic E-state index is 0.617. The quantitative estimate of drug-likeness (QED) is 0.208. The molecule has 0 atom stereocenters. The van der Waals surface area contributed by atoms with Crippen LogP contribution in [0.25, 0.3) is 83.6 Å². The van der Waals surface area contributed by atoms with E-state index in [1.165, 1.54) is 5.39 Å². The molecule has 6 aromatic carbocycles. The summed E-state index contributed by atoms with van der Waals surface area (Å²) < 4.78 is 9.13. The summed E-state index contributed by atoms with van der Waals surface area (Å²) in [6.45, 7) is 2.11. The van der Waals surface area contributed by atoms with Crippen LogP contribution in [0, 0.1) is 6.92 Å². The highest BCUT2D eigenvalue weighted by molar-refractivity contribution is 6.21. The van der Waals surface area contributed by atoms with Gasteiger partial charge in [0.05, 0.1) is 11.0 Å². The Morgan fingerprint density at radius 3 is 1.78 bits per heavy atom. The van der Waals surface area contributed by atoms with Crippen molar-refractivity contribution in [2.75, 3.05) is 0 Å². The Kier molecular flexibility index (Phi) is 5.65. The van der Waals surface area contributed by atoms with Crippen LogP contribution >= 0.6 is 0 Å². The molecule has 0 unspecified atom stereocenters. The Labute approximate surface area is 259 Å². The largest absolute Gasteiger partial charge is 0.454 e. The Morgan fingerprint density at radius 1 is 0.511 bits per heavy atom. The number of aryl methyl sites for hydroxylation is 1. The van der Waals surface area contributed by atoms with Crippen molar-refractivity contribution < 1.29 is 4.42 Å². The van der Waals surface area contributed by atoms with Gasteiger partial charge >= 0.3 is 0 Å². The first-order chi connectivity index (χ1) is 22.2. The third-order valence-corrected chi connectivity index (χ3v) is 8.57. The molecule has 0 aliphatic rings. The average molecular weight is 579 g/mol. The van der Waals surface area contributed by atoms with Crippen LogP contribution < -0.4 is 0 Å². The number of aromatic nitrogens is 4. The Bertz CT molecular complexity index is 2470. The monoisotopic (exact) mass is 578 g/mol. The van der Waals surface area contributed by atoms with Gasteiger partial charge in [-0.2, -0.15) is 0 Å². The molecule has 0 amide bonds. The molecule has 5 heteroatoms. The van der Waals surface area contributed by atoms with Gasteiger partial charge in [0.2, 0.25) is 0 Å². The molecule has 0 aliphatic carbocycles. The molecule has 0 spiro atoms. The summed E-state index contributed by atoms with van der Waals surface area (Å²) in [5.74, 6) is 1.89. The zero-order valence-electron chi connectivity index (χ0n) is 24.5. The second-order valence-corrected chi connectivity index (χ2v) is 11.3. The molecule has 0 fully saturated rings. The van der Waals surface area contributed by atoms with Gasteiger partial charge in [-0.25, -0.2) is 15.0 Å². The van der Waals surface area contributed by atoms with Gasteiger partial charge in [0.15, 0.2) is 23.1 Å². The number of fused-ring (bicyclic) bond motifs is 7. The smallest absolute Gasteiger partial charge is 0.164 e. The molecule has 5 nitrogen and oxygen atoms in total. The number of furan rings is 1. The van der Waals surface area contributed by atoms with E-state index in [9.17, 15) is 0 Å². The number of hydrogen-bond donors (Lipinski definition) is 0. The maximum atomic E-state index is 6.81. The van der Waals surface area contributed by atoms with Gasteiger partial charge in [-0.1, -0.05) is 103 Å². The van der Waals surface area contributed by atoms with Gasteiger partial charge in [-0.05, 0) is 48.9 Å². The molecule has 0 radical (unpaired) electrons. The highest BCUT2D eigenvalue weighted by Crippen LogP contribution is 2.41. The molecule has 212 valence electrons. The highest BCUT2D eigenvalue weighted by Gasteiger charge is 2.21. The van der Waals surface area contributed by atoms with Crippen molar-refractivity contribution in [3.8, 4) is 39.9 Å². The fourth-order valence-corrected chi connectivity index (χ4v) is 6.45. The summed E-state index contributed by atoms with van der Waals surface area (Å²) in [6, 6.07) is 47.8. The summed E-state index contributed by atoms with van der Waals surface area (Å²) in [4.78, 5) is 14.8. The average Bonchev–Trinajstić information content (AvgIpc) is 3.64. The van der Waals surface area contributed by atoms with Gasteiger partial charge in [-0.3, -0.25) is 0 Å². The fourth-order valence-electron chi connectivity index (χ4n) is 6.45. The zero-order valence-corrected chi connectivity index (χ0v) is 24.5. The summed E-state index contributed by atoms with van der Waals surface area (Å²) in [5, 5.41) is 4.51. The van der Waals surface area contributed by atoms with Gasteiger partial charge in [0.1, 0.15) is 5.58 Å². The van der Waals surface area contributed by atoms with Crippen LogP contribution in [0.15, 0.2) is 144 Å². The lowest BCUT2D eigenvalue weighted by atomic mass is 10.0. The van der Waals surface area contributed by atoms with Crippen LogP contribution in [0.4, 0.5) is 0 Å². The molecule has 45 heavy (non-hydrogen) atoms. The molecule has 0 N–H and O–H groups in total. The lowest BCUT2D eigenvalue weighted by Crippen LogP contribution is -2.01. The van der Waals surface area contributed by atoms with Gasteiger partial charge in [-0.15, -0.1) is 0 Å². The molecule has 9 rings (SSSR count). The van der Waals surface area contributed by atoms with Crippen LogP contribution in [0.3, 0.4) is 0 Å². The number of benzene rings is 6. The molecule has 3 aromatic heterocycles. The zero-order chi connectivity index (χ0) is 29.9. The molecule has 0 bridgehead atoms. The molecular formula is C40H26N4O. The molecule has 0 saturated heterocycles. The number of nitrogens with zero attached hydrogens (tertiary/aromatic N) is 4. The van der Waals surface area contributed by atoms with E-state index in [1.807, 2.05) is 66.7 Å². The predicted octanol–water partition coefficient (Wildman–Crippen LogP) is 10.2. The minimum atomic E-state index is 0.617. The first-order valence-electron chi connectivity index (χ1n) is 15.0. The topological polar surface area (TPSA) is 56.7 Å². The van der Waals surface area contributed by atoms with Crippen molar-refractivity contribution in [2.24, 2.45) is 0 Å². The van der Waals surface area contributed by atoms with Gasteiger partial charge < -0.3 is 8.98 Å². The summed E-state index contributed by atoms with van der Waals surface area (Å²) in [5.41, 5.74) is 8.84. The van der Waals surface area contributed by atoms with Crippen molar-refractivity contribution >= 4 is 43.7 Å². The first kappa shape index (κ1) is 25.4. The van der Waals surface area contributed by atoms with E-state index in [2.05, 4.69) is 84.3 Å². The predicted molar refractivity (Wildman–Crippen MR) is 182 cm³/mol. The normalized spacial score (nSPS) is 11.7. The third kappa shape index (κ3) is 4.05. The van der Waals surface area contributed by atoms with Crippen LogP contribution in [0.5, 0.6) is 0 Å². The summed E-state index contributed by atoms with van der Waals surface area (Å²) in [6.07, 6.45) is 0. The maximum Gasteiger partial charge on any atom is 0.164 e. The van der Waals surface area contributed by atoms with E-state index in [-0.39, 0.29) is 0 Å². The van der Waals surface area contributed by atoms with E-state index < -0.39 is 0 Å². The summed E-state index contributed by atoms with van der Waals surface area (Å²) >= 11 is 0. The molecule has 3 heterocycles. The second kappa shape index (κ2) is 10.00. The van der Waals surface area contributed by atoms with Crippen molar-refractivity contribution in [1.29, 1.82) is 0 Å². The molecule has 0 saturated carbocycles. The second-order valence-electron chi connectivity index (χ2n) is 11.3. The van der Waals surface area contributed by atoms with E-state index in [0.29, 0.717) is 17.5 Å². The maximum absolute atomic E-state index is 6.81. The number of rotatable bonds is 4. The van der Waals surface area contributed by atoms with Crippen molar-refractivity contribution in [3.63, 3.8) is 0 Å². The fraction of sp³-hybridized carbons (Fsp3) is 0.0250. The van der Waals surface area contributed by atoms with Crippen LogP contribution in [0.1, 0.15) is 5.56 Å². The van der Waals surface area contributed by atoms with E-state index in [0.717, 1.165) is 66.3 Å². The summed E-state index contributed by atoms with van der Waals surface area (Å²) in [7, 11) is 0. The SMILES string of the molecule is Cc1cc2c(cc1-c1nc(-c3ccccc3)nc(-c3ccccc3)n1)oc1c2ccc2c3ccccc3n(-c3ccccc3)c21. The van der Waals surface area contributed by atoms with E-state index in [1.54, 1.807) is 0 Å². The number of para-hydroxylation sites is 2. The third-order valence-electron chi connectivity index (χ3n) is 8.57. The highest BCUT2D eigenvalue weighted by atomic mass is 16.3. The van der Waals surface area contributed by atoms with Gasteiger partial charge in [0, 0.05) is 43.9 Å². The Hall–Kier alpha value is -6.07. The lowest BCUT2D eigenvalue weighted by molar-refractivity contribution is 0.671. The standard InChI is InChI=1S/C40H26N4O/c1-25-23-33-31-22-21-30-29-19-11-12-20-34(29)44(28-17-9-4-10-18-28)36(30)37(31)45-35(33)24-32(25)40-42-38(26-13-5-2-6-14-26)41-39(43-40)27-15-7-3-8-16-27/h2-24H,1H3. The van der Waals surface area contributed by atoms with Crippen molar-refractivity contribution in [1.82, 2.24) is 19.5 Å². The Balaban J connectivity index is 1.31. The number of hydrogen-bond acceptors (Lipinski definition) is 4. The van der Waals surface area contributed by atoms with Crippen molar-refractivity contribution in [3.05, 3.63) is 145 Å². The van der Waals surface area contributed by atoms with E-state index in [4.69, 9.17) is 19.4 Å². The van der Waals surface area contributed by atoms with E-state index >= 15 is 0 Å².